The summed E-state index contributed by atoms with van der Waals surface area (Å²) in [7, 11) is -1.94. The van der Waals surface area contributed by atoms with Gasteiger partial charge >= 0.3 is 0 Å². The first-order valence-corrected chi connectivity index (χ1v) is 12.0. The molecule has 5 rings (SSSR count). The molecule has 1 unspecified atom stereocenters. The van der Waals surface area contributed by atoms with Gasteiger partial charge in [0, 0.05) is 0 Å². The second-order valence-electron chi connectivity index (χ2n) is 7.55. The van der Waals surface area contributed by atoms with Gasteiger partial charge in [-0.15, -0.1) is 0 Å². The van der Waals surface area contributed by atoms with Gasteiger partial charge in [-0.1, -0.05) is 114 Å². The third-order valence-electron chi connectivity index (χ3n) is 6.27. The predicted molar refractivity (Wildman–Crippen MR) is 114 cm³/mol. The van der Waals surface area contributed by atoms with Crippen LogP contribution in [0.3, 0.4) is 0 Å². The van der Waals surface area contributed by atoms with Crippen LogP contribution in [0, 0.1) is 0 Å². The zero-order chi connectivity index (χ0) is 17.6. The molecule has 0 amide bonds. The van der Waals surface area contributed by atoms with Crippen molar-refractivity contribution < 1.29 is 0 Å². The first kappa shape index (κ1) is 15.6. The molecular formula is C25H22Si. The third-order valence-corrected chi connectivity index (χ3v) is 11.2. The third kappa shape index (κ3) is 2.20. The van der Waals surface area contributed by atoms with E-state index in [1.165, 1.54) is 26.7 Å². The zero-order valence-electron chi connectivity index (χ0n) is 15.0. The first-order chi connectivity index (χ1) is 12.8. The van der Waals surface area contributed by atoms with Crippen LogP contribution >= 0.6 is 0 Å². The van der Waals surface area contributed by atoms with E-state index in [4.69, 9.17) is 0 Å². The highest BCUT2D eigenvalue weighted by atomic mass is 28.3. The summed E-state index contributed by atoms with van der Waals surface area (Å²) in [6.45, 7) is 2.56. The summed E-state index contributed by atoms with van der Waals surface area (Å²) in [5.74, 6) is 0. The average Bonchev–Trinajstić information content (AvgIpc) is 3.10. The van der Waals surface area contributed by atoms with Crippen molar-refractivity contribution >= 4 is 29.2 Å². The van der Waals surface area contributed by atoms with Crippen LogP contribution in [0.25, 0.3) is 10.8 Å². The molecule has 0 spiro atoms. The average molecular weight is 351 g/mol. The van der Waals surface area contributed by atoms with E-state index in [1.807, 2.05) is 0 Å². The number of benzene rings is 4. The predicted octanol–water partition coefficient (Wildman–Crippen LogP) is 4.91. The smallest absolute Gasteiger partial charge is 0.0626 e. The number of hydrogen-bond acceptors (Lipinski definition) is 0. The van der Waals surface area contributed by atoms with E-state index in [2.05, 4.69) is 104 Å². The number of rotatable bonds is 3. The molecule has 0 fully saturated rings. The van der Waals surface area contributed by atoms with Crippen LogP contribution in [0.1, 0.15) is 16.7 Å². The molecule has 126 valence electrons. The lowest BCUT2D eigenvalue weighted by atomic mass is 10.1. The molecule has 0 N–H and O–H groups in total. The second-order valence-corrected chi connectivity index (χ2v) is 11.8. The fourth-order valence-corrected chi connectivity index (χ4v) is 9.29. The van der Waals surface area contributed by atoms with Crippen LogP contribution in [0.15, 0.2) is 97.1 Å². The molecule has 1 atom stereocenters. The van der Waals surface area contributed by atoms with Crippen LogP contribution in [-0.4, -0.2) is 8.07 Å². The normalized spacial score (nSPS) is 16.1. The Hall–Kier alpha value is -2.64. The van der Waals surface area contributed by atoms with Gasteiger partial charge in [0.15, 0.2) is 0 Å². The minimum atomic E-state index is -1.94. The molecule has 0 radical (unpaired) electrons. The number of hydrogen-bond donors (Lipinski definition) is 0. The summed E-state index contributed by atoms with van der Waals surface area (Å²) in [5.41, 5.74) is 3.65. The van der Waals surface area contributed by atoms with Gasteiger partial charge in [-0.05, 0) is 33.9 Å². The van der Waals surface area contributed by atoms with Gasteiger partial charge in [0.1, 0.15) is 8.07 Å². The molecule has 4 aromatic carbocycles. The molecule has 0 nitrogen and oxygen atoms in total. The van der Waals surface area contributed by atoms with Crippen molar-refractivity contribution in [2.75, 3.05) is 0 Å². The maximum Gasteiger partial charge on any atom is 0.122 e. The maximum atomic E-state index is 2.56. The molecule has 0 aliphatic heterocycles. The molecule has 0 bridgehead atoms. The minimum Gasteiger partial charge on any atom is -0.0626 e. The van der Waals surface area contributed by atoms with E-state index in [-0.39, 0.29) is 0 Å². The Labute approximate surface area is 156 Å². The van der Waals surface area contributed by atoms with E-state index >= 15 is 0 Å². The summed E-state index contributed by atoms with van der Waals surface area (Å²) in [5, 5.41) is 5.95. The van der Waals surface area contributed by atoms with E-state index < -0.39 is 8.07 Å². The Morgan fingerprint density at radius 2 is 1.23 bits per heavy atom. The molecule has 4 aromatic rings. The summed E-state index contributed by atoms with van der Waals surface area (Å²) in [6, 6.07) is 36.1. The van der Waals surface area contributed by atoms with Crippen LogP contribution in [0.5, 0.6) is 0 Å². The highest BCUT2D eigenvalue weighted by Crippen LogP contribution is 2.42. The Balaban J connectivity index is 1.77. The Kier molecular flexibility index (Phi) is 3.58. The summed E-state index contributed by atoms with van der Waals surface area (Å²) in [4.78, 5) is 0. The molecule has 0 saturated heterocycles. The van der Waals surface area contributed by atoms with E-state index in [0.29, 0.717) is 5.54 Å². The van der Waals surface area contributed by atoms with E-state index in [0.717, 1.165) is 6.42 Å². The van der Waals surface area contributed by atoms with E-state index in [1.54, 1.807) is 5.56 Å². The van der Waals surface area contributed by atoms with Crippen LogP contribution in [0.4, 0.5) is 0 Å². The SMILES string of the molecule is C[Si](c1ccccc1)(c1ccccc1)C1Cc2cccc3cccc1c23. The Bertz CT molecular complexity index is 1020. The molecule has 26 heavy (non-hydrogen) atoms. The van der Waals surface area contributed by atoms with Gasteiger partial charge in [-0.25, -0.2) is 0 Å². The van der Waals surface area contributed by atoms with Crippen molar-refractivity contribution in [2.45, 2.75) is 18.5 Å². The van der Waals surface area contributed by atoms with Crippen molar-refractivity contribution in [3.8, 4) is 0 Å². The molecule has 0 heterocycles. The Morgan fingerprint density at radius 3 is 1.85 bits per heavy atom. The standard InChI is InChI=1S/C25H22Si/c1-26(21-13-4-2-5-14-21,22-15-6-3-7-16-22)24-18-20-12-8-10-19-11-9-17-23(24)25(19)20/h2-17,24H,18H2,1H3. The minimum absolute atomic E-state index is 0.577. The molecule has 1 aliphatic rings. The summed E-state index contributed by atoms with van der Waals surface area (Å²) in [6.07, 6.45) is 1.16. The lowest BCUT2D eigenvalue weighted by molar-refractivity contribution is 0.941. The molecule has 1 heteroatoms. The van der Waals surface area contributed by atoms with Gasteiger partial charge in [0.2, 0.25) is 0 Å². The second kappa shape index (κ2) is 5.96. The fourth-order valence-electron chi connectivity index (χ4n) is 4.89. The van der Waals surface area contributed by atoms with Crippen molar-refractivity contribution in [1.29, 1.82) is 0 Å². The largest absolute Gasteiger partial charge is 0.122 e. The van der Waals surface area contributed by atoms with E-state index in [9.17, 15) is 0 Å². The van der Waals surface area contributed by atoms with Gasteiger partial charge in [-0.2, -0.15) is 0 Å². The van der Waals surface area contributed by atoms with Crippen molar-refractivity contribution in [3.05, 3.63) is 108 Å². The monoisotopic (exact) mass is 350 g/mol. The van der Waals surface area contributed by atoms with Crippen molar-refractivity contribution in [2.24, 2.45) is 0 Å². The molecule has 1 aliphatic carbocycles. The van der Waals surface area contributed by atoms with Crippen molar-refractivity contribution in [3.63, 3.8) is 0 Å². The summed E-state index contributed by atoms with van der Waals surface area (Å²) < 4.78 is 0. The van der Waals surface area contributed by atoms with Gasteiger partial charge < -0.3 is 0 Å². The molecule has 0 saturated carbocycles. The molecule has 0 aromatic heterocycles. The lowest BCUT2D eigenvalue weighted by Gasteiger charge is -2.35. The van der Waals surface area contributed by atoms with Gasteiger partial charge in [-0.3, -0.25) is 0 Å². The summed E-state index contributed by atoms with van der Waals surface area (Å²) >= 11 is 0. The topological polar surface area (TPSA) is 0 Å². The van der Waals surface area contributed by atoms with Gasteiger partial charge in [0.05, 0.1) is 0 Å². The zero-order valence-corrected chi connectivity index (χ0v) is 16.0. The Morgan fingerprint density at radius 1 is 0.654 bits per heavy atom. The van der Waals surface area contributed by atoms with Crippen LogP contribution in [-0.2, 0) is 6.42 Å². The maximum absolute atomic E-state index is 2.56. The van der Waals surface area contributed by atoms with Crippen LogP contribution < -0.4 is 10.4 Å². The first-order valence-electron chi connectivity index (χ1n) is 9.40. The van der Waals surface area contributed by atoms with Crippen molar-refractivity contribution in [1.82, 2.24) is 0 Å². The fraction of sp³-hybridized carbons (Fsp3) is 0.120. The highest BCUT2D eigenvalue weighted by molar-refractivity contribution is 7.02. The molecular weight excluding hydrogens is 328 g/mol. The van der Waals surface area contributed by atoms with Gasteiger partial charge in [0.25, 0.3) is 0 Å². The van der Waals surface area contributed by atoms with Crippen LogP contribution in [0.2, 0.25) is 6.55 Å². The quantitative estimate of drug-likeness (QED) is 0.461. The lowest BCUT2D eigenvalue weighted by Crippen LogP contribution is -2.60. The highest BCUT2D eigenvalue weighted by Gasteiger charge is 2.44.